The molecule has 1 aromatic heterocycles. The minimum Gasteiger partial charge on any atom is -0.481 e. The fourth-order valence-corrected chi connectivity index (χ4v) is 2.36. The van der Waals surface area contributed by atoms with E-state index in [4.69, 9.17) is 4.74 Å². The fraction of sp³-hybridized carbons (Fsp3) is 0.267. The van der Waals surface area contributed by atoms with Crippen molar-refractivity contribution in [3.63, 3.8) is 0 Å². The van der Waals surface area contributed by atoms with Crippen LogP contribution in [0.25, 0.3) is 0 Å². The average molecular weight is 295 g/mol. The summed E-state index contributed by atoms with van der Waals surface area (Å²) in [5.41, 5.74) is 4.19. The van der Waals surface area contributed by atoms with E-state index in [0.29, 0.717) is 12.3 Å². The Balaban J connectivity index is 0.00000147. The highest BCUT2D eigenvalue weighted by Crippen LogP contribution is 2.28. The van der Waals surface area contributed by atoms with Gasteiger partial charge in [-0.3, -0.25) is 0 Å². The predicted octanol–water partition coefficient (Wildman–Crippen LogP) is 3.21. The maximum absolute atomic E-state index is 12.9. The Morgan fingerprint density at radius 1 is 1.30 bits per heavy atom. The molecule has 1 aliphatic heterocycles. The van der Waals surface area contributed by atoms with Crippen LogP contribution in [0.2, 0.25) is 0 Å². The molecule has 0 unspecified atom stereocenters. The summed E-state index contributed by atoms with van der Waals surface area (Å²) in [5.74, 6) is 0.441. The number of hydrogen-bond donors (Lipinski definition) is 1. The van der Waals surface area contributed by atoms with Crippen LogP contribution in [0.5, 0.6) is 5.88 Å². The molecule has 1 aromatic carbocycles. The molecule has 0 atom stereocenters. The third kappa shape index (κ3) is 2.85. The number of aromatic nitrogens is 1. The lowest BCUT2D eigenvalue weighted by atomic mass is 10.1. The van der Waals surface area contributed by atoms with Gasteiger partial charge in [-0.2, -0.15) is 0 Å². The van der Waals surface area contributed by atoms with Crippen molar-refractivity contribution in [1.29, 1.82) is 0 Å². The van der Waals surface area contributed by atoms with Crippen molar-refractivity contribution >= 4 is 18.1 Å². The van der Waals surface area contributed by atoms with Crippen LogP contribution < -0.4 is 10.1 Å². The van der Waals surface area contributed by atoms with Gasteiger partial charge in [-0.1, -0.05) is 12.1 Å². The number of methoxy groups -OCH3 is 1. The molecule has 0 fully saturated rings. The molecule has 0 spiro atoms. The molecule has 0 saturated carbocycles. The first-order valence-corrected chi connectivity index (χ1v) is 6.31. The van der Waals surface area contributed by atoms with E-state index in [1.165, 1.54) is 12.1 Å². The number of hydrogen-bond acceptors (Lipinski definition) is 3. The zero-order chi connectivity index (χ0) is 13.2. The first-order valence-electron chi connectivity index (χ1n) is 6.31. The van der Waals surface area contributed by atoms with E-state index in [9.17, 15) is 4.39 Å². The first kappa shape index (κ1) is 14.6. The Hall–Kier alpha value is -1.81. The van der Waals surface area contributed by atoms with Crippen molar-refractivity contribution in [2.24, 2.45) is 0 Å². The molecule has 3 rings (SSSR count). The Morgan fingerprint density at radius 3 is 2.75 bits per heavy atom. The zero-order valence-corrected chi connectivity index (χ0v) is 12.0. The number of anilines is 1. The van der Waals surface area contributed by atoms with Crippen LogP contribution in [0.4, 0.5) is 10.1 Å². The highest BCUT2D eigenvalue weighted by Gasteiger charge is 2.16. The quantitative estimate of drug-likeness (QED) is 0.944. The second-order valence-corrected chi connectivity index (χ2v) is 4.63. The van der Waals surface area contributed by atoms with Crippen molar-refractivity contribution in [2.75, 3.05) is 19.0 Å². The van der Waals surface area contributed by atoms with Crippen molar-refractivity contribution in [3.05, 3.63) is 53.0 Å². The number of benzene rings is 1. The molecule has 106 valence electrons. The number of nitrogens with zero attached hydrogens (tertiary/aromatic N) is 1. The van der Waals surface area contributed by atoms with Gasteiger partial charge >= 0.3 is 0 Å². The largest absolute Gasteiger partial charge is 0.481 e. The third-order valence-electron chi connectivity index (χ3n) is 3.32. The van der Waals surface area contributed by atoms with Gasteiger partial charge in [0.1, 0.15) is 5.82 Å². The molecule has 0 saturated heterocycles. The van der Waals surface area contributed by atoms with Gasteiger partial charge in [-0.25, -0.2) is 9.37 Å². The Kier molecular flexibility index (Phi) is 4.45. The van der Waals surface area contributed by atoms with E-state index < -0.39 is 0 Å². The summed E-state index contributed by atoms with van der Waals surface area (Å²) in [7, 11) is 1.63. The number of fused-ring (bicyclic) bond motifs is 1. The monoisotopic (exact) mass is 294 g/mol. The Labute approximate surface area is 123 Å². The number of ether oxygens (including phenoxy) is 1. The highest BCUT2D eigenvalue weighted by molar-refractivity contribution is 5.85. The van der Waals surface area contributed by atoms with E-state index in [2.05, 4.69) is 16.4 Å². The standard InChI is InChI=1S/C15H15FN2O.ClH/c1-19-15-11(8-10-2-4-12(16)5-3-10)9-14-13(18-15)6-7-17-14;/h2-5,9,17H,6-8H2,1H3;1H. The molecule has 20 heavy (non-hydrogen) atoms. The summed E-state index contributed by atoms with van der Waals surface area (Å²) in [6, 6.07) is 8.60. The molecule has 0 amide bonds. The van der Waals surface area contributed by atoms with Crippen molar-refractivity contribution in [2.45, 2.75) is 12.8 Å². The van der Waals surface area contributed by atoms with Gasteiger partial charge < -0.3 is 10.1 Å². The summed E-state index contributed by atoms with van der Waals surface area (Å²) in [6.07, 6.45) is 1.62. The lowest BCUT2D eigenvalue weighted by molar-refractivity contribution is 0.392. The first-order chi connectivity index (χ1) is 9.26. The molecule has 3 nitrogen and oxygen atoms in total. The summed E-state index contributed by atoms with van der Waals surface area (Å²) < 4.78 is 18.3. The van der Waals surface area contributed by atoms with E-state index in [1.807, 2.05) is 0 Å². The van der Waals surface area contributed by atoms with Crippen LogP contribution in [0.1, 0.15) is 16.8 Å². The molecule has 0 aliphatic carbocycles. The second-order valence-electron chi connectivity index (χ2n) is 4.63. The summed E-state index contributed by atoms with van der Waals surface area (Å²) in [4.78, 5) is 4.53. The number of rotatable bonds is 3. The highest BCUT2D eigenvalue weighted by atomic mass is 35.5. The molecule has 0 bridgehead atoms. The maximum atomic E-state index is 12.9. The van der Waals surface area contributed by atoms with Gasteiger partial charge in [-0.15, -0.1) is 12.4 Å². The van der Waals surface area contributed by atoms with E-state index in [-0.39, 0.29) is 18.2 Å². The predicted molar refractivity (Wildman–Crippen MR) is 79.4 cm³/mol. The SMILES string of the molecule is COc1nc2c(cc1Cc1ccc(F)cc1)NCC2.Cl. The lowest BCUT2D eigenvalue weighted by Gasteiger charge is -2.10. The Morgan fingerprint density at radius 2 is 2.05 bits per heavy atom. The number of pyridine rings is 1. The van der Waals surface area contributed by atoms with Gasteiger partial charge in [0.25, 0.3) is 0 Å². The Bertz CT molecular complexity index is 602. The molecule has 5 heteroatoms. The minimum atomic E-state index is -0.218. The van der Waals surface area contributed by atoms with Crippen LogP contribution in [-0.4, -0.2) is 18.6 Å². The van der Waals surface area contributed by atoms with Crippen LogP contribution >= 0.6 is 12.4 Å². The zero-order valence-electron chi connectivity index (χ0n) is 11.1. The van der Waals surface area contributed by atoms with Crippen LogP contribution in [-0.2, 0) is 12.8 Å². The molecule has 1 N–H and O–H groups in total. The normalized spacial score (nSPS) is 12.3. The number of nitrogens with one attached hydrogen (secondary N) is 1. The topological polar surface area (TPSA) is 34.1 Å². The molecule has 2 heterocycles. The molecular weight excluding hydrogens is 279 g/mol. The third-order valence-corrected chi connectivity index (χ3v) is 3.32. The van der Waals surface area contributed by atoms with Gasteiger partial charge in [0, 0.05) is 24.9 Å². The molecular formula is C15H16ClFN2O. The molecule has 2 aromatic rings. The maximum Gasteiger partial charge on any atom is 0.216 e. The average Bonchev–Trinajstić information content (AvgIpc) is 2.87. The van der Waals surface area contributed by atoms with Crippen molar-refractivity contribution in [3.8, 4) is 5.88 Å². The van der Waals surface area contributed by atoms with Gasteiger partial charge in [0.15, 0.2) is 0 Å². The van der Waals surface area contributed by atoms with Gasteiger partial charge in [0.2, 0.25) is 5.88 Å². The summed E-state index contributed by atoms with van der Waals surface area (Å²) >= 11 is 0. The smallest absolute Gasteiger partial charge is 0.216 e. The van der Waals surface area contributed by atoms with Crippen molar-refractivity contribution in [1.82, 2.24) is 4.98 Å². The van der Waals surface area contributed by atoms with E-state index in [1.54, 1.807) is 19.2 Å². The second kappa shape index (κ2) is 6.09. The van der Waals surface area contributed by atoms with Gasteiger partial charge in [0.05, 0.1) is 18.5 Å². The van der Waals surface area contributed by atoms with Crippen LogP contribution in [0.3, 0.4) is 0 Å². The number of halogens is 2. The summed E-state index contributed by atoms with van der Waals surface area (Å²) in [6.45, 7) is 0.922. The van der Waals surface area contributed by atoms with Crippen LogP contribution in [0, 0.1) is 5.82 Å². The fourth-order valence-electron chi connectivity index (χ4n) is 2.36. The molecule has 0 radical (unpaired) electrons. The van der Waals surface area contributed by atoms with Crippen molar-refractivity contribution < 1.29 is 9.13 Å². The van der Waals surface area contributed by atoms with E-state index in [0.717, 1.165) is 35.5 Å². The molecule has 1 aliphatic rings. The van der Waals surface area contributed by atoms with Gasteiger partial charge in [-0.05, 0) is 23.8 Å². The minimum absolute atomic E-state index is 0. The summed E-state index contributed by atoms with van der Waals surface area (Å²) in [5, 5.41) is 3.31. The van der Waals surface area contributed by atoms with Crippen LogP contribution in [0.15, 0.2) is 30.3 Å². The van der Waals surface area contributed by atoms with E-state index >= 15 is 0 Å². The lowest BCUT2D eigenvalue weighted by Crippen LogP contribution is -1.99.